The first kappa shape index (κ1) is 17.1. The first-order chi connectivity index (χ1) is 11.4. The van der Waals surface area contributed by atoms with E-state index in [0.29, 0.717) is 5.56 Å². The highest BCUT2D eigenvalue weighted by Gasteiger charge is 2.11. The third kappa shape index (κ3) is 4.37. The third-order valence-electron chi connectivity index (χ3n) is 2.95. The molecule has 1 N–H and O–H groups in total. The molecule has 8 nitrogen and oxygen atoms in total. The zero-order valence-corrected chi connectivity index (χ0v) is 12.8. The summed E-state index contributed by atoms with van der Waals surface area (Å²) in [6.45, 7) is 0. The van der Waals surface area contributed by atoms with E-state index in [2.05, 4.69) is 5.32 Å². The predicted octanol–water partition coefficient (Wildman–Crippen LogP) is 3.81. The smallest absolute Gasteiger partial charge is 0.271 e. The van der Waals surface area contributed by atoms with Crippen LogP contribution in [0.2, 0.25) is 5.02 Å². The standard InChI is InChI=1S/C15H10ClN3O5/c16-13-7-6-12(19(23)24)9-14(13)17-15(20)8-3-10-1-4-11(5-2-10)18(21)22/h1-9H,(H,17,20)/b8-3+. The number of halogens is 1. The van der Waals surface area contributed by atoms with Gasteiger partial charge in [-0.2, -0.15) is 0 Å². The minimum atomic E-state index is -0.599. The van der Waals surface area contributed by atoms with E-state index in [4.69, 9.17) is 11.6 Å². The minimum absolute atomic E-state index is 0.0556. The van der Waals surface area contributed by atoms with E-state index < -0.39 is 15.8 Å². The van der Waals surface area contributed by atoms with Crippen molar-refractivity contribution < 1.29 is 14.6 Å². The molecule has 9 heteroatoms. The Hall–Kier alpha value is -3.26. The van der Waals surface area contributed by atoms with E-state index in [1.807, 2.05) is 0 Å². The van der Waals surface area contributed by atoms with Gasteiger partial charge in [-0.25, -0.2) is 0 Å². The van der Waals surface area contributed by atoms with Gasteiger partial charge < -0.3 is 5.32 Å². The van der Waals surface area contributed by atoms with E-state index in [1.165, 1.54) is 48.6 Å². The summed E-state index contributed by atoms with van der Waals surface area (Å²) in [5, 5.41) is 23.9. The van der Waals surface area contributed by atoms with Gasteiger partial charge in [0.2, 0.25) is 5.91 Å². The third-order valence-corrected chi connectivity index (χ3v) is 3.28. The number of carbonyl (C=O) groups is 1. The van der Waals surface area contributed by atoms with Gasteiger partial charge in [-0.3, -0.25) is 25.0 Å². The quantitative estimate of drug-likeness (QED) is 0.501. The average Bonchev–Trinajstić information content (AvgIpc) is 2.55. The SMILES string of the molecule is O=C(/C=C/c1ccc([N+](=O)[O-])cc1)Nc1cc([N+](=O)[O-])ccc1Cl. The summed E-state index contributed by atoms with van der Waals surface area (Å²) in [5.41, 5.74) is 0.444. The Balaban J connectivity index is 2.09. The Labute approximate surface area is 140 Å². The number of nitrogens with one attached hydrogen (secondary N) is 1. The summed E-state index contributed by atoms with van der Waals surface area (Å²) < 4.78 is 0. The molecule has 0 aliphatic carbocycles. The molecular formula is C15H10ClN3O5. The number of anilines is 1. The lowest BCUT2D eigenvalue weighted by molar-refractivity contribution is -0.385. The van der Waals surface area contributed by atoms with Gasteiger partial charge in [0.25, 0.3) is 11.4 Å². The van der Waals surface area contributed by atoms with E-state index in [0.717, 1.165) is 6.07 Å². The zero-order chi connectivity index (χ0) is 17.7. The van der Waals surface area contributed by atoms with E-state index in [1.54, 1.807) is 0 Å². The van der Waals surface area contributed by atoms with Crippen molar-refractivity contribution in [3.63, 3.8) is 0 Å². The molecule has 0 spiro atoms. The number of nitro benzene ring substituents is 2. The van der Waals surface area contributed by atoms with Crippen molar-refractivity contribution in [2.75, 3.05) is 5.32 Å². The second kappa shape index (κ2) is 7.34. The highest BCUT2D eigenvalue weighted by atomic mass is 35.5. The number of non-ortho nitro benzene ring substituents is 2. The van der Waals surface area contributed by atoms with Crippen molar-refractivity contribution in [1.29, 1.82) is 0 Å². The molecule has 2 rings (SSSR count). The van der Waals surface area contributed by atoms with Gasteiger partial charge in [0.05, 0.1) is 20.6 Å². The molecule has 24 heavy (non-hydrogen) atoms. The summed E-state index contributed by atoms with van der Waals surface area (Å²) in [5.74, 6) is -0.546. The Morgan fingerprint density at radius 3 is 2.17 bits per heavy atom. The molecule has 0 heterocycles. The molecular weight excluding hydrogens is 338 g/mol. The maximum atomic E-state index is 11.9. The Morgan fingerprint density at radius 1 is 1.00 bits per heavy atom. The van der Waals surface area contributed by atoms with Crippen LogP contribution in [0.3, 0.4) is 0 Å². The lowest BCUT2D eigenvalue weighted by atomic mass is 10.2. The van der Waals surface area contributed by atoms with Crippen LogP contribution in [0, 0.1) is 20.2 Å². The summed E-state index contributed by atoms with van der Waals surface area (Å²) >= 11 is 5.88. The number of amides is 1. The fourth-order valence-electron chi connectivity index (χ4n) is 1.78. The molecule has 2 aromatic rings. The van der Waals surface area contributed by atoms with Crippen LogP contribution in [0.15, 0.2) is 48.5 Å². The maximum Gasteiger partial charge on any atom is 0.271 e. The van der Waals surface area contributed by atoms with Crippen LogP contribution in [-0.4, -0.2) is 15.8 Å². The van der Waals surface area contributed by atoms with Gasteiger partial charge in [-0.15, -0.1) is 0 Å². The van der Waals surface area contributed by atoms with Gasteiger partial charge in [0, 0.05) is 30.3 Å². The Morgan fingerprint density at radius 2 is 1.58 bits per heavy atom. The molecule has 0 aliphatic heterocycles. The molecule has 0 fully saturated rings. The van der Waals surface area contributed by atoms with Crippen LogP contribution in [0.4, 0.5) is 17.1 Å². The minimum Gasteiger partial charge on any atom is -0.321 e. The molecule has 0 saturated heterocycles. The van der Waals surface area contributed by atoms with Crippen molar-refractivity contribution in [3.05, 3.63) is 79.4 Å². The lowest BCUT2D eigenvalue weighted by Crippen LogP contribution is -2.08. The molecule has 0 aliphatic rings. The van der Waals surface area contributed by atoms with Crippen molar-refractivity contribution in [3.8, 4) is 0 Å². The first-order valence-corrected chi connectivity index (χ1v) is 6.92. The number of rotatable bonds is 5. The van der Waals surface area contributed by atoms with Crippen LogP contribution in [0.5, 0.6) is 0 Å². The largest absolute Gasteiger partial charge is 0.321 e. The van der Waals surface area contributed by atoms with Crippen molar-refractivity contribution >= 4 is 40.6 Å². The van der Waals surface area contributed by atoms with Crippen molar-refractivity contribution in [2.24, 2.45) is 0 Å². The molecule has 0 unspecified atom stereocenters. The highest BCUT2D eigenvalue weighted by molar-refractivity contribution is 6.34. The van der Waals surface area contributed by atoms with Crippen LogP contribution in [0.1, 0.15) is 5.56 Å². The van der Waals surface area contributed by atoms with E-state index >= 15 is 0 Å². The second-order valence-electron chi connectivity index (χ2n) is 4.59. The molecule has 122 valence electrons. The van der Waals surface area contributed by atoms with Gasteiger partial charge in [0.1, 0.15) is 0 Å². The fraction of sp³-hybridized carbons (Fsp3) is 0. The average molecular weight is 348 g/mol. The Bertz CT molecular complexity index is 834. The molecule has 0 aromatic heterocycles. The fourth-order valence-corrected chi connectivity index (χ4v) is 1.94. The molecule has 2 aromatic carbocycles. The maximum absolute atomic E-state index is 11.9. The van der Waals surface area contributed by atoms with Crippen LogP contribution in [-0.2, 0) is 4.79 Å². The normalized spacial score (nSPS) is 10.5. The van der Waals surface area contributed by atoms with Crippen molar-refractivity contribution in [1.82, 2.24) is 0 Å². The molecule has 0 bridgehead atoms. The van der Waals surface area contributed by atoms with E-state index in [-0.39, 0.29) is 22.1 Å². The number of nitro groups is 2. The summed E-state index contributed by atoms with van der Waals surface area (Å²) in [6.07, 6.45) is 2.64. The molecule has 1 amide bonds. The second-order valence-corrected chi connectivity index (χ2v) is 5.00. The number of nitrogens with zero attached hydrogens (tertiary/aromatic N) is 2. The van der Waals surface area contributed by atoms with Crippen LogP contribution in [0.25, 0.3) is 6.08 Å². The topological polar surface area (TPSA) is 115 Å². The number of carbonyl (C=O) groups excluding carboxylic acids is 1. The molecule has 0 saturated carbocycles. The number of benzene rings is 2. The monoisotopic (exact) mass is 347 g/mol. The summed E-state index contributed by atoms with van der Waals surface area (Å²) in [7, 11) is 0. The Kier molecular flexibility index (Phi) is 5.23. The van der Waals surface area contributed by atoms with Gasteiger partial charge in [0.15, 0.2) is 0 Å². The first-order valence-electron chi connectivity index (χ1n) is 6.54. The summed E-state index contributed by atoms with van der Waals surface area (Å²) in [6, 6.07) is 9.30. The zero-order valence-electron chi connectivity index (χ0n) is 12.0. The van der Waals surface area contributed by atoms with Crippen LogP contribution < -0.4 is 5.32 Å². The summed E-state index contributed by atoms with van der Waals surface area (Å²) in [4.78, 5) is 32.0. The molecule has 0 atom stereocenters. The number of hydrogen-bond acceptors (Lipinski definition) is 5. The lowest BCUT2D eigenvalue weighted by Gasteiger charge is -2.04. The van der Waals surface area contributed by atoms with Gasteiger partial charge in [-0.05, 0) is 29.8 Å². The van der Waals surface area contributed by atoms with E-state index in [9.17, 15) is 25.0 Å². The highest BCUT2D eigenvalue weighted by Crippen LogP contribution is 2.26. The number of hydrogen-bond donors (Lipinski definition) is 1. The van der Waals surface area contributed by atoms with Gasteiger partial charge in [-0.1, -0.05) is 11.6 Å². The predicted molar refractivity (Wildman–Crippen MR) is 88.9 cm³/mol. The van der Waals surface area contributed by atoms with Crippen LogP contribution >= 0.6 is 11.6 Å². The van der Waals surface area contributed by atoms with Gasteiger partial charge >= 0.3 is 0 Å². The van der Waals surface area contributed by atoms with Crippen molar-refractivity contribution in [2.45, 2.75) is 0 Å². The molecule has 0 radical (unpaired) electrons.